The van der Waals surface area contributed by atoms with Gasteiger partial charge in [-0.1, -0.05) is 18.9 Å². The molecule has 0 saturated heterocycles. The molecule has 1 fully saturated rings. The van der Waals surface area contributed by atoms with Crippen LogP contribution in [0, 0.1) is 0 Å². The molecule has 0 unspecified atom stereocenters. The fraction of sp³-hybridized carbons (Fsp3) is 0.632. The summed E-state index contributed by atoms with van der Waals surface area (Å²) in [5.41, 5.74) is 1.11. The van der Waals surface area contributed by atoms with Crippen LogP contribution < -0.4 is 20.1 Å². The molecule has 0 radical (unpaired) electrons. The minimum Gasteiger partial charge on any atom is -0.493 e. The summed E-state index contributed by atoms with van der Waals surface area (Å²) in [5, 5.41) is 6.73. The average Bonchev–Trinajstić information content (AvgIpc) is 3.18. The first-order chi connectivity index (χ1) is 12.2. The van der Waals surface area contributed by atoms with Crippen molar-refractivity contribution in [1.29, 1.82) is 0 Å². The summed E-state index contributed by atoms with van der Waals surface area (Å²) in [4.78, 5) is 6.75. The molecule has 26 heavy (non-hydrogen) atoms. The topological polar surface area (TPSA) is 58.1 Å². The molecule has 2 N–H and O–H groups in total. The molecule has 2 rings (SSSR count). The van der Waals surface area contributed by atoms with E-state index in [4.69, 9.17) is 9.47 Å². The van der Waals surface area contributed by atoms with Crippen molar-refractivity contribution in [3.63, 3.8) is 0 Å². The summed E-state index contributed by atoms with van der Waals surface area (Å²) in [5.74, 6) is 2.29. The molecular formula is C19H33IN4O2. The van der Waals surface area contributed by atoms with Crippen molar-refractivity contribution in [1.82, 2.24) is 15.5 Å². The SMILES string of the molecule is CN=C(NCCN(C)C1CCCC1)NCc1ccc(OC)c(OC)c1.I. The van der Waals surface area contributed by atoms with Crippen molar-refractivity contribution in [2.24, 2.45) is 4.99 Å². The Labute approximate surface area is 174 Å². The summed E-state index contributed by atoms with van der Waals surface area (Å²) < 4.78 is 10.6. The molecule has 0 spiro atoms. The monoisotopic (exact) mass is 476 g/mol. The Bertz CT molecular complexity index is 562. The highest BCUT2D eigenvalue weighted by Crippen LogP contribution is 2.27. The van der Waals surface area contributed by atoms with E-state index in [1.165, 1.54) is 25.7 Å². The standard InChI is InChI=1S/C19H32N4O2.HI/c1-20-19(21-11-12-23(2)16-7-5-6-8-16)22-14-15-9-10-17(24-3)18(13-15)25-4;/h9-10,13,16H,5-8,11-12,14H2,1-4H3,(H2,20,21,22);1H. The smallest absolute Gasteiger partial charge is 0.191 e. The lowest BCUT2D eigenvalue weighted by Gasteiger charge is -2.24. The van der Waals surface area contributed by atoms with Gasteiger partial charge in [0.2, 0.25) is 0 Å². The van der Waals surface area contributed by atoms with Crippen molar-refractivity contribution >= 4 is 29.9 Å². The lowest BCUT2D eigenvalue weighted by Crippen LogP contribution is -2.42. The van der Waals surface area contributed by atoms with Crippen LogP contribution in [0.1, 0.15) is 31.2 Å². The van der Waals surface area contributed by atoms with E-state index in [2.05, 4.69) is 27.6 Å². The molecule has 1 aromatic carbocycles. The van der Waals surface area contributed by atoms with E-state index in [1.54, 1.807) is 21.3 Å². The van der Waals surface area contributed by atoms with E-state index >= 15 is 0 Å². The van der Waals surface area contributed by atoms with Crippen molar-refractivity contribution in [2.75, 3.05) is 41.4 Å². The summed E-state index contributed by atoms with van der Waals surface area (Å²) in [6.07, 6.45) is 5.42. The number of halogens is 1. The molecule has 6 nitrogen and oxygen atoms in total. The van der Waals surface area contributed by atoms with Gasteiger partial charge in [0.15, 0.2) is 17.5 Å². The molecule has 7 heteroatoms. The number of likely N-dealkylation sites (N-methyl/N-ethyl adjacent to an activating group) is 1. The van der Waals surface area contributed by atoms with Gasteiger partial charge in [0, 0.05) is 32.7 Å². The van der Waals surface area contributed by atoms with E-state index < -0.39 is 0 Å². The molecule has 1 saturated carbocycles. The molecule has 0 amide bonds. The Balaban J connectivity index is 0.00000338. The Hall–Kier alpha value is -1.22. The van der Waals surface area contributed by atoms with E-state index in [9.17, 15) is 0 Å². The predicted octanol–water partition coefficient (Wildman–Crippen LogP) is 2.86. The minimum atomic E-state index is 0. The van der Waals surface area contributed by atoms with Gasteiger partial charge in [-0.3, -0.25) is 4.99 Å². The number of aliphatic imine (C=N–C) groups is 1. The van der Waals surface area contributed by atoms with Crippen LogP contribution in [0.4, 0.5) is 0 Å². The quantitative estimate of drug-likeness (QED) is 0.344. The second kappa shape index (κ2) is 12.2. The van der Waals surface area contributed by atoms with Crippen molar-refractivity contribution < 1.29 is 9.47 Å². The lowest BCUT2D eigenvalue weighted by molar-refractivity contribution is 0.249. The molecule has 0 bridgehead atoms. The number of nitrogens with one attached hydrogen (secondary N) is 2. The zero-order valence-electron chi connectivity index (χ0n) is 16.4. The molecular weight excluding hydrogens is 443 g/mol. The Morgan fingerprint density at radius 2 is 1.85 bits per heavy atom. The number of nitrogens with zero attached hydrogens (tertiary/aromatic N) is 2. The van der Waals surface area contributed by atoms with E-state index in [-0.39, 0.29) is 24.0 Å². The van der Waals surface area contributed by atoms with Crippen LogP contribution in [0.25, 0.3) is 0 Å². The highest BCUT2D eigenvalue weighted by molar-refractivity contribution is 14.0. The van der Waals surface area contributed by atoms with Crippen LogP contribution in [-0.4, -0.2) is 58.3 Å². The average molecular weight is 476 g/mol. The summed E-state index contributed by atoms with van der Waals surface area (Å²) in [6, 6.07) is 6.67. The Morgan fingerprint density at radius 3 is 2.46 bits per heavy atom. The zero-order chi connectivity index (χ0) is 18.1. The van der Waals surface area contributed by atoms with Crippen LogP contribution >= 0.6 is 24.0 Å². The van der Waals surface area contributed by atoms with E-state index in [0.29, 0.717) is 6.54 Å². The highest BCUT2D eigenvalue weighted by atomic mass is 127. The maximum atomic E-state index is 5.35. The largest absolute Gasteiger partial charge is 0.493 e. The van der Waals surface area contributed by atoms with Crippen LogP contribution in [0.2, 0.25) is 0 Å². The number of guanidine groups is 1. The normalized spacial score (nSPS) is 14.9. The Kier molecular flexibility index (Phi) is 10.7. The van der Waals surface area contributed by atoms with E-state index in [0.717, 1.165) is 42.2 Å². The highest BCUT2D eigenvalue weighted by Gasteiger charge is 2.18. The zero-order valence-corrected chi connectivity index (χ0v) is 18.7. The van der Waals surface area contributed by atoms with Gasteiger partial charge in [-0.2, -0.15) is 0 Å². The summed E-state index contributed by atoms with van der Waals surface area (Å²) in [7, 11) is 7.31. The first kappa shape index (κ1) is 22.8. The Morgan fingerprint density at radius 1 is 1.15 bits per heavy atom. The van der Waals surface area contributed by atoms with Crippen LogP contribution in [0.5, 0.6) is 11.5 Å². The van der Waals surface area contributed by atoms with Crippen molar-refractivity contribution in [3.8, 4) is 11.5 Å². The lowest BCUT2D eigenvalue weighted by atomic mass is 10.2. The third-order valence-corrected chi connectivity index (χ3v) is 4.84. The first-order valence-corrected chi connectivity index (χ1v) is 9.03. The van der Waals surface area contributed by atoms with Crippen LogP contribution in [0.3, 0.4) is 0 Å². The van der Waals surface area contributed by atoms with Gasteiger partial charge in [-0.15, -0.1) is 24.0 Å². The maximum Gasteiger partial charge on any atom is 0.191 e. The number of methoxy groups -OCH3 is 2. The van der Waals surface area contributed by atoms with Gasteiger partial charge >= 0.3 is 0 Å². The van der Waals surface area contributed by atoms with Gasteiger partial charge in [-0.25, -0.2) is 0 Å². The van der Waals surface area contributed by atoms with E-state index in [1.807, 2.05) is 18.2 Å². The molecule has 1 aliphatic rings. The molecule has 0 aromatic heterocycles. The molecule has 0 aliphatic heterocycles. The number of hydrogen-bond donors (Lipinski definition) is 2. The summed E-state index contributed by atoms with van der Waals surface area (Å²) in [6.45, 7) is 2.60. The molecule has 0 atom stereocenters. The molecule has 0 heterocycles. The maximum absolute atomic E-state index is 5.35. The second-order valence-corrected chi connectivity index (χ2v) is 6.46. The van der Waals surface area contributed by atoms with Gasteiger partial charge in [0.25, 0.3) is 0 Å². The van der Waals surface area contributed by atoms with Crippen molar-refractivity contribution in [3.05, 3.63) is 23.8 Å². The third-order valence-electron chi connectivity index (χ3n) is 4.84. The molecule has 148 valence electrons. The fourth-order valence-corrected chi connectivity index (χ4v) is 3.28. The van der Waals surface area contributed by atoms with Crippen LogP contribution in [-0.2, 0) is 6.54 Å². The van der Waals surface area contributed by atoms with Gasteiger partial charge in [0.1, 0.15) is 0 Å². The molecule has 1 aliphatic carbocycles. The predicted molar refractivity (Wildman–Crippen MR) is 118 cm³/mol. The summed E-state index contributed by atoms with van der Waals surface area (Å²) >= 11 is 0. The number of ether oxygens (including phenoxy) is 2. The van der Waals surface area contributed by atoms with Crippen LogP contribution in [0.15, 0.2) is 23.2 Å². The fourth-order valence-electron chi connectivity index (χ4n) is 3.28. The third kappa shape index (κ3) is 6.83. The van der Waals surface area contributed by atoms with Crippen molar-refractivity contribution in [2.45, 2.75) is 38.3 Å². The second-order valence-electron chi connectivity index (χ2n) is 6.46. The number of benzene rings is 1. The number of rotatable bonds is 8. The van der Waals surface area contributed by atoms with Gasteiger partial charge in [-0.05, 0) is 37.6 Å². The van der Waals surface area contributed by atoms with Gasteiger partial charge in [0.05, 0.1) is 14.2 Å². The van der Waals surface area contributed by atoms with Gasteiger partial charge < -0.3 is 25.0 Å². The molecule has 1 aromatic rings. The number of hydrogen-bond acceptors (Lipinski definition) is 4. The first-order valence-electron chi connectivity index (χ1n) is 9.03. The minimum absolute atomic E-state index is 0.